The van der Waals surface area contributed by atoms with E-state index in [2.05, 4.69) is 62.4 Å². The molecule has 0 unspecified atom stereocenters. The zero-order valence-electron chi connectivity index (χ0n) is 20.9. The molecule has 2 aromatic carbocycles. The van der Waals surface area contributed by atoms with Crippen LogP contribution in [0.4, 0.5) is 0 Å². The lowest BCUT2D eigenvalue weighted by molar-refractivity contribution is 0.278. The maximum atomic E-state index is 7.17. The van der Waals surface area contributed by atoms with Crippen LogP contribution in [-0.2, 0) is 5.41 Å². The van der Waals surface area contributed by atoms with Gasteiger partial charge in [-0.25, -0.2) is 0 Å². The Morgan fingerprint density at radius 2 is 0.879 bits per heavy atom. The maximum Gasteiger partial charge on any atom is 0.631 e. The first-order valence-electron chi connectivity index (χ1n) is 13.3. The lowest BCUT2D eigenvalue weighted by Gasteiger charge is -2.33. The van der Waals surface area contributed by atoms with Crippen LogP contribution in [0, 0.1) is 0 Å². The van der Waals surface area contributed by atoms with Gasteiger partial charge < -0.3 is 15.1 Å². The molecule has 0 aliphatic heterocycles. The van der Waals surface area contributed by atoms with E-state index in [1.807, 2.05) is 0 Å². The average Bonchev–Trinajstić information content (AvgIpc) is 3.09. The van der Waals surface area contributed by atoms with Gasteiger partial charge in [-0.2, -0.15) is 0 Å². The van der Waals surface area contributed by atoms with E-state index in [9.17, 15) is 0 Å². The van der Waals surface area contributed by atoms with Gasteiger partial charge in [-0.15, -0.1) is 0 Å². The van der Waals surface area contributed by atoms with Gasteiger partial charge in [0.2, 0.25) is 0 Å². The van der Waals surface area contributed by atoms with Crippen LogP contribution in [0.5, 0.6) is 0 Å². The Bertz CT molecular complexity index is 724. The van der Waals surface area contributed by atoms with Crippen molar-refractivity contribution in [3.63, 3.8) is 0 Å². The first-order valence-corrected chi connectivity index (χ1v) is 13.3. The molecule has 33 heavy (non-hydrogen) atoms. The molecule has 0 saturated heterocycles. The van der Waals surface area contributed by atoms with Gasteiger partial charge in [-0.3, -0.25) is 0 Å². The Morgan fingerprint density at radius 1 is 0.545 bits per heavy atom. The SMILES string of the molecule is CCCCCCCCC1(CCCCCCCC)c2ccccc2-c2ccccc21.OB(O)O. The van der Waals surface area contributed by atoms with Crippen molar-refractivity contribution in [2.24, 2.45) is 0 Å². The van der Waals surface area contributed by atoms with E-state index in [4.69, 9.17) is 15.1 Å². The van der Waals surface area contributed by atoms with Crippen molar-refractivity contribution in [1.29, 1.82) is 0 Å². The highest BCUT2D eigenvalue weighted by atomic mass is 16.5. The van der Waals surface area contributed by atoms with Crippen LogP contribution < -0.4 is 0 Å². The first-order chi connectivity index (χ1) is 16.1. The molecule has 3 rings (SSSR count). The minimum Gasteiger partial charge on any atom is -0.402 e. The molecule has 0 atom stereocenters. The Hall–Kier alpha value is -1.62. The predicted octanol–water partition coefficient (Wildman–Crippen LogP) is 7.40. The van der Waals surface area contributed by atoms with E-state index >= 15 is 0 Å². The molecule has 0 amide bonds. The highest BCUT2D eigenvalue weighted by Crippen LogP contribution is 2.53. The van der Waals surface area contributed by atoms with Crippen molar-refractivity contribution < 1.29 is 15.1 Å². The van der Waals surface area contributed by atoms with Gasteiger partial charge in [0.15, 0.2) is 0 Å². The summed E-state index contributed by atoms with van der Waals surface area (Å²) in [6.07, 6.45) is 19.3. The average molecular weight is 452 g/mol. The molecule has 0 fully saturated rings. The molecular formula is C29H45BO3. The monoisotopic (exact) mass is 452 g/mol. The molecule has 3 nitrogen and oxygen atoms in total. The molecule has 0 aromatic heterocycles. The maximum absolute atomic E-state index is 7.17. The number of rotatable bonds is 14. The van der Waals surface area contributed by atoms with Gasteiger partial charge in [-0.1, -0.05) is 139 Å². The van der Waals surface area contributed by atoms with Gasteiger partial charge in [-0.05, 0) is 35.1 Å². The van der Waals surface area contributed by atoms with E-state index < -0.39 is 7.32 Å². The van der Waals surface area contributed by atoms with Crippen LogP contribution in [0.15, 0.2) is 48.5 Å². The van der Waals surface area contributed by atoms with Crippen LogP contribution in [0.2, 0.25) is 0 Å². The fraction of sp³-hybridized carbons (Fsp3) is 0.586. The Morgan fingerprint density at radius 3 is 1.27 bits per heavy atom. The number of hydrogen-bond acceptors (Lipinski definition) is 3. The molecule has 3 N–H and O–H groups in total. The van der Waals surface area contributed by atoms with Crippen molar-refractivity contribution in [1.82, 2.24) is 0 Å². The third-order valence-corrected chi connectivity index (χ3v) is 7.09. The molecule has 1 aliphatic rings. The summed E-state index contributed by atoms with van der Waals surface area (Å²) >= 11 is 0. The minimum atomic E-state index is -2.17. The molecule has 2 aromatic rings. The van der Waals surface area contributed by atoms with Crippen LogP contribution in [0.25, 0.3) is 11.1 Å². The summed E-state index contributed by atoms with van der Waals surface area (Å²) in [7, 11) is -2.17. The third kappa shape index (κ3) is 8.28. The van der Waals surface area contributed by atoms with Crippen LogP contribution >= 0.6 is 0 Å². The van der Waals surface area contributed by atoms with Crippen molar-refractivity contribution in [3.8, 4) is 11.1 Å². The molecule has 0 saturated carbocycles. The van der Waals surface area contributed by atoms with E-state index in [1.165, 1.54) is 101 Å². The Labute approximate surface area is 202 Å². The van der Waals surface area contributed by atoms with Crippen molar-refractivity contribution in [3.05, 3.63) is 59.7 Å². The molecule has 1 aliphatic carbocycles. The number of fused-ring (bicyclic) bond motifs is 3. The summed E-state index contributed by atoms with van der Waals surface area (Å²) in [5.74, 6) is 0. The zero-order valence-corrected chi connectivity index (χ0v) is 20.9. The summed E-state index contributed by atoms with van der Waals surface area (Å²) in [5, 5.41) is 21.5. The molecule has 0 bridgehead atoms. The largest absolute Gasteiger partial charge is 0.631 e. The zero-order chi connectivity index (χ0) is 23.9. The van der Waals surface area contributed by atoms with E-state index in [0.29, 0.717) is 0 Å². The fourth-order valence-corrected chi connectivity index (χ4v) is 5.49. The summed E-state index contributed by atoms with van der Waals surface area (Å²) in [5.41, 5.74) is 6.48. The molecule has 0 heterocycles. The van der Waals surface area contributed by atoms with Crippen LogP contribution in [0.1, 0.15) is 115 Å². The van der Waals surface area contributed by atoms with E-state index in [0.717, 1.165) is 0 Å². The summed E-state index contributed by atoms with van der Waals surface area (Å²) < 4.78 is 0. The van der Waals surface area contributed by atoms with Gasteiger partial charge in [0.25, 0.3) is 0 Å². The van der Waals surface area contributed by atoms with Gasteiger partial charge in [0, 0.05) is 5.41 Å². The van der Waals surface area contributed by atoms with Gasteiger partial charge >= 0.3 is 7.32 Å². The molecule has 0 radical (unpaired) electrons. The first kappa shape index (κ1) is 27.6. The predicted molar refractivity (Wildman–Crippen MR) is 141 cm³/mol. The summed E-state index contributed by atoms with van der Waals surface area (Å²) in [4.78, 5) is 0. The molecule has 4 heteroatoms. The second-order valence-electron chi connectivity index (χ2n) is 9.56. The highest BCUT2D eigenvalue weighted by molar-refractivity contribution is 6.30. The molecule has 0 spiro atoms. The second kappa shape index (κ2) is 15.3. The third-order valence-electron chi connectivity index (χ3n) is 7.09. The van der Waals surface area contributed by atoms with Crippen molar-refractivity contribution >= 4 is 7.32 Å². The van der Waals surface area contributed by atoms with Gasteiger partial charge in [0.05, 0.1) is 0 Å². The minimum absolute atomic E-state index is 0.253. The smallest absolute Gasteiger partial charge is 0.402 e. The van der Waals surface area contributed by atoms with Gasteiger partial charge in [0.1, 0.15) is 0 Å². The normalized spacial score (nSPS) is 13.1. The van der Waals surface area contributed by atoms with Crippen molar-refractivity contribution in [2.75, 3.05) is 0 Å². The Kier molecular flexibility index (Phi) is 12.8. The van der Waals surface area contributed by atoms with Crippen LogP contribution in [-0.4, -0.2) is 22.4 Å². The topological polar surface area (TPSA) is 60.7 Å². The lowest BCUT2D eigenvalue weighted by Crippen LogP contribution is -2.25. The standard InChI is InChI=1S/C29H42.BH3O3/c1-3-5-7-9-11-17-23-29(24-18-12-10-8-6-4-2)27-21-15-13-19-25(27)26-20-14-16-22-28(26)29;2-1(3)4/h13-16,19-22H,3-12,17-18,23-24H2,1-2H3;2-4H. The number of unbranched alkanes of at least 4 members (excludes halogenated alkanes) is 10. The molecular weight excluding hydrogens is 407 g/mol. The molecule has 182 valence electrons. The number of benzene rings is 2. The fourth-order valence-electron chi connectivity index (χ4n) is 5.49. The van der Waals surface area contributed by atoms with Crippen LogP contribution in [0.3, 0.4) is 0 Å². The Balaban J connectivity index is 0.000000890. The highest BCUT2D eigenvalue weighted by Gasteiger charge is 2.41. The second-order valence-corrected chi connectivity index (χ2v) is 9.56. The van der Waals surface area contributed by atoms with Crippen molar-refractivity contribution in [2.45, 2.75) is 109 Å². The quantitative estimate of drug-likeness (QED) is 0.207. The lowest BCUT2D eigenvalue weighted by atomic mass is 9.70. The van der Waals surface area contributed by atoms with E-state index in [1.54, 1.807) is 11.1 Å². The van der Waals surface area contributed by atoms with E-state index in [-0.39, 0.29) is 5.41 Å². The number of hydrogen-bond donors (Lipinski definition) is 3. The summed E-state index contributed by atoms with van der Waals surface area (Å²) in [6, 6.07) is 18.6. The summed E-state index contributed by atoms with van der Waals surface area (Å²) in [6.45, 7) is 4.61.